The molecule has 14 heteroatoms. The maximum atomic E-state index is 13.7. The average molecular weight is 629 g/mol. The molecule has 2 aromatic heterocycles. The number of nitrogen functional groups attached to an aromatic ring is 1. The molecule has 0 radical (unpaired) electrons. The van der Waals surface area contributed by atoms with E-state index in [2.05, 4.69) is 14.9 Å². The van der Waals surface area contributed by atoms with Gasteiger partial charge in [0.05, 0.1) is 12.1 Å². The summed E-state index contributed by atoms with van der Waals surface area (Å²) in [6.07, 6.45) is 3.58. The highest BCUT2D eigenvalue weighted by Crippen LogP contribution is 2.34. The molecule has 2 aliphatic rings. The standard InChI is InChI=1S/C28H29ClN6O5S2/c29-20-5-4-19-12-26(41-24(19)13-20)42(38,39)34-15-23(28(37)40-10-9-33-7-1-2-8-33)35(25(36)16-34)14-18-3-6-21-22(11-18)31-17-32-27(21)30/h3-6,11-13,17,23H,1-2,7-10,14-16H2,(H2,30,31,32). The number of ether oxygens (including phenoxy) is 1. The van der Waals surface area contributed by atoms with Crippen LogP contribution in [0.1, 0.15) is 18.4 Å². The second-order valence-electron chi connectivity index (χ2n) is 10.4. The number of hydrogen-bond acceptors (Lipinski definition) is 10. The van der Waals surface area contributed by atoms with Crippen molar-refractivity contribution in [3.8, 4) is 0 Å². The van der Waals surface area contributed by atoms with Crippen molar-refractivity contribution in [2.75, 3.05) is 45.1 Å². The first-order valence-electron chi connectivity index (χ1n) is 13.6. The summed E-state index contributed by atoms with van der Waals surface area (Å²) < 4.78 is 35.0. The highest BCUT2D eigenvalue weighted by molar-refractivity contribution is 7.91. The molecular weight excluding hydrogens is 600 g/mol. The van der Waals surface area contributed by atoms with E-state index in [0.29, 0.717) is 38.6 Å². The fourth-order valence-corrected chi connectivity index (χ4v) is 8.61. The summed E-state index contributed by atoms with van der Waals surface area (Å²) in [4.78, 5) is 38.9. The molecule has 0 spiro atoms. The number of esters is 1. The number of amides is 1. The Bertz CT molecular complexity index is 1780. The quantitative estimate of drug-likeness (QED) is 0.292. The summed E-state index contributed by atoms with van der Waals surface area (Å²) >= 11 is 7.17. The highest BCUT2D eigenvalue weighted by atomic mass is 35.5. The maximum Gasteiger partial charge on any atom is 0.330 e. The third kappa shape index (κ3) is 5.79. The smallest absolute Gasteiger partial charge is 0.330 e. The predicted octanol–water partition coefficient (Wildman–Crippen LogP) is 3.12. The molecule has 2 saturated heterocycles. The number of thiophene rings is 1. The minimum Gasteiger partial charge on any atom is -0.463 e. The summed E-state index contributed by atoms with van der Waals surface area (Å²) in [6, 6.07) is 10.9. The molecule has 42 heavy (non-hydrogen) atoms. The second kappa shape index (κ2) is 11.7. The van der Waals surface area contributed by atoms with Crippen LogP contribution < -0.4 is 5.73 Å². The van der Waals surface area contributed by atoms with Gasteiger partial charge in [-0.3, -0.25) is 9.69 Å². The van der Waals surface area contributed by atoms with Gasteiger partial charge >= 0.3 is 5.97 Å². The number of fused-ring (bicyclic) bond motifs is 2. The Hall–Kier alpha value is -3.36. The average Bonchev–Trinajstić information content (AvgIpc) is 3.64. The van der Waals surface area contributed by atoms with Gasteiger partial charge in [0.25, 0.3) is 10.0 Å². The lowest BCUT2D eigenvalue weighted by atomic mass is 10.1. The summed E-state index contributed by atoms with van der Waals surface area (Å²) in [6.45, 7) is 2.09. The van der Waals surface area contributed by atoms with Crippen LogP contribution in [0.15, 0.2) is 53.0 Å². The molecule has 6 rings (SSSR count). The van der Waals surface area contributed by atoms with Crippen molar-refractivity contribution in [2.24, 2.45) is 0 Å². The molecule has 0 saturated carbocycles. The zero-order valence-electron chi connectivity index (χ0n) is 22.6. The first-order chi connectivity index (χ1) is 20.2. The molecule has 11 nitrogen and oxygen atoms in total. The Labute approximate surface area is 251 Å². The molecule has 2 aromatic carbocycles. The summed E-state index contributed by atoms with van der Waals surface area (Å²) in [5.41, 5.74) is 7.26. The molecule has 1 unspecified atom stereocenters. The Balaban J connectivity index is 1.27. The number of nitrogens with two attached hydrogens (primary N) is 1. The van der Waals surface area contributed by atoms with Gasteiger partial charge in [0.15, 0.2) is 0 Å². The number of halogens is 1. The van der Waals surface area contributed by atoms with Crippen molar-refractivity contribution in [2.45, 2.75) is 29.6 Å². The number of anilines is 1. The minimum atomic E-state index is -4.09. The maximum absolute atomic E-state index is 13.7. The lowest BCUT2D eigenvalue weighted by Gasteiger charge is -2.39. The largest absolute Gasteiger partial charge is 0.463 e. The van der Waals surface area contributed by atoms with E-state index in [9.17, 15) is 18.0 Å². The van der Waals surface area contributed by atoms with Gasteiger partial charge in [0, 0.05) is 34.7 Å². The molecular formula is C28H29ClN6O5S2. The van der Waals surface area contributed by atoms with Crippen LogP contribution in [0, 0.1) is 0 Å². The fourth-order valence-electron chi connectivity index (χ4n) is 5.39. The summed E-state index contributed by atoms with van der Waals surface area (Å²) in [7, 11) is -4.09. The number of benzene rings is 2. The van der Waals surface area contributed by atoms with Crippen molar-refractivity contribution in [3.63, 3.8) is 0 Å². The number of rotatable bonds is 8. The third-order valence-corrected chi connectivity index (χ3v) is 11.2. The SMILES string of the molecule is Nc1ncnc2cc(CN3C(=O)CN(S(=O)(=O)c4cc5ccc(Cl)cc5s4)CC3C(=O)OCCN3CCCC3)ccc12. The van der Waals surface area contributed by atoms with Gasteiger partial charge in [-0.1, -0.05) is 23.7 Å². The van der Waals surface area contributed by atoms with E-state index in [4.69, 9.17) is 22.1 Å². The number of carbonyl (C=O) groups is 2. The topological polar surface area (TPSA) is 139 Å². The zero-order chi connectivity index (χ0) is 29.4. The number of sulfonamides is 1. The monoisotopic (exact) mass is 628 g/mol. The van der Waals surface area contributed by atoms with Crippen LogP contribution in [0.2, 0.25) is 5.02 Å². The van der Waals surface area contributed by atoms with Crippen LogP contribution in [0.25, 0.3) is 21.0 Å². The number of carbonyl (C=O) groups excluding carboxylic acids is 2. The van der Waals surface area contributed by atoms with Gasteiger partial charge in [0.1, 0.15) is 29.0 Å². The zero-order valence-corrected chi connectivity index (χ0v) is 25.0. The van der Waals surface area contributed by atoms with E-state index < -0.39 is 34.5 Å². The van der Waals surface area contributed by atoms with Crippen molar-refractivity contribution >= 4 is 71.6 Å². The molecule has 220 valence electrons. The number of nitrogens with zero attached hydrogens (tertiary/aromatic N) is 5. The van der Waals surface area contributed by atoms with E-state index in [-0.39, 0.29) is 23.9 Å². The Morgan fingerprint density at radius 3 is 2.74 bits per heavy atom. The number of hydrogen-bond donors (Lipinski definition) is 1. The van der Waals surface area contributed by atoms with E-state index in [1.165, 1.54) is 11.2 Å². The summed E-state index contributed by atoms with van der Waals surface area (Å²) in [5, 5.41) is 1.90. The Morgan fingerprint density at radius 2 is 1.93 bits per heavy atom. The normalized spacial score (nSPS) is 18.7. The van der Waals surface area contributed by atoms with Crippen LogP contribution in [-0.4, -0.2) is 89.7 Å². The molecule has 2 aliphatic heterocycles. The third-order valence-electron chi connectivity index (χ3n) is 7.65. The van der Waals surface area contributed by atoms with Crippen LogP contribution >= 0.6 is 22.9 Å². The molecule has 1 atom stereocenters. The van der Waals surface area contributed by atoms with Crippen LogP contribution in [0.5, 0.6) is 0 Å². The van der Waals surface area contributed by atoms with Gasteiger partial charge in [-0.25, -0.2) is 23.2 Å². The van der Waals surface area contributed by atoms with Gasteiger partial charge < -0.3 is 15.4 Å². The van der Waals surface area contributed by atoms with Crippen molar-refractivity contribution in [1.82, 2.24) is 24.1 Å². The Morgan fingerprint density at radius 1 is 1.12 bits per heavy atom. The van der Waals surface area contributed by atoms with Gasteiger partial charge in [0.2, 0.25) is 5.91 Å². The number of piperazine rings is 1. The summed E-state index contributed by atoms with van der Waals surface area (Å²) in [5.74, 6) is -0.805. The van der Waals surface area contributed by atoms with E-state index in [1.54, 1.807) is 42.5 Å². The van der Waals surface area contributed by atoms with Crippen molar-refractivity contribution in [1.29, 1.82) is 0 Å². The highest BCUT2D eigenvalue weighted by Gasteiger charge is 2.43. The van der Waals surface area contributed by atoms with Gasteiger partial charge in [-0.05, 0) is 67.2 Å². The predicted molar refractivity (Wildman–Crippen MR) is 161 cm³/mol. The van der Waals surface area contributed by atoms with Crippen molar-refractivity contribution in [3.05, 3.63) is 59.4 Å². The first-order valence-corrected chi connectivity index (χ1v) is 16.2. The van der Waals surface area contributed by atoms with Crippen LogP contribution in [-0.2, 0) is 30.9 Å². The van der Waals surface area contributed by atoms with Crippen LogP contribution in [0.3, 0.4) is 0 Å². The molecule has 1 amide bonds. The molecule has 2 fully saturated rings. The second-order valence-corrected chi connectivity index (χ2v) is 14.1. The molecule has 0 bridgehead atoms. The molecule has 4 aromatic rings. The van der Waals surface area contributed by atoms with Crippen molar-refractivity contribution < 1.29 is 22.7 Å². The van der Waals surface area contributed by atoms with Crippen LogP contribution in [0.4, 0.5) is 5.82 Å². The Kier molecular flexibility index (Phi) is 8.03. The van der Waals surface area contributed by atoms with E-state index >= 15 is 0 Å². The first kappa shape index (κ1) is 28.7. The lowest BCUT2D eigenvalue weighted by Crippen LogP contribution is -2.60. The molecule has 0 aliphatic carbocycles. The van der Waals surface area contributed by atoms with Gasteiger partial charge in [-0.2, -0.15) is 4.31 Å². The van der Waals surface area contributed by atoms with E-state index in [0.717, 1.165) is 47.0 Å². The fraction of sp³-hybridized carbons (Fsp3) is 0.357. The molecule has 2 N–H and O–H groups in total. The minimum absolute atomic E-state index is 0.0693. The lowest BCUT2D eigenvalue weighted by molar-refractivity contribution is -0.159. The van der Waals surface area contributed by atoms with Gasteiger partial charge in [-0.15, -0.1) is 11.3 Å². The number of aromatic nitrogens is 2. The number of likely N-dealkylation sites (tertiary alicyclic amines) is 1. The molecule has 4 heterocycles. The van der Waals surface area contributed by atoms with E-state index in [1.807, 2.05) is 0 Å².